The average molecular weight is 223 g/mol. The molecule has 16 heavy (non-hydrogen) atoms. The van der Waals surface area contributed by atoms with Gasteiger partial charge in [0.1, 0.15) is 11.4 Å². The molecule has 1 atom stereocenters. The zero-order valence-electron chi connectivity index (χ0n) is 9.86. The molecule has 5 nitrogen and oxygen atoms in total. The third-order valence-electron chi connectivity index (χ3n) is 2.35. The Balaban J connectivity index is 2.83. The molecule has 0 aliphatic rings. The van der Waals surface area contributed by atoms with E-state index in [9.17, 15) is 4.79 Å². The molecule has 1 aromatic rings. The molecule has 0 saturated carbocycles. The minimum atomic E-state index is -0.750. The normalized spacial score (nSPS) is 13.9. The van der Waals surface area contributed by atoms with Crippen molar-refractivity contribution in [1.29, 1.82) is 0 Å². The number of methoxy groups -OCH3 is 1. The highest BCUT2D eigenvalue weighted by atomic mass is 16.5. The number of hydrogen-bond acceptors (Lipinski definition) is 5. The first kappa shape index (κ1) is 12.4. The highest BCUT2D eigenvalue weighted by molar-refractivity contribution is 5.83. The predicted molar refractivity (Wildman–Crippen MR) is 61.0 cm³/mol. The van der Waals surface area contributed by atoms with Crippen LogP contribution in [0.1, 0.15) is 26.7 Å². The van der Waals surface area contributed by atoms with Gasteiger partial charge in [0.2, 0.25) is 0 Å². The minimum absolute atomic E-state index is 0.292. The van der Waals surface area contributed by atoms with Crippen LogP contribution in [0.2, 0.25) is 0 Å². The van der Waals surface area contributed by atoms with E-state index in [0.717, 1.165) is 6.42 Å². The number of hydrogen-bond donors (Lipinski definition) is 1. The van der Waals surface area contributed by atoms with E-state index < -0.39 is 5.54 Å². The summed E-state index contributed by atoms with van der Waals surface area (Å²) in [5, 5.41) is 3.06. The molecule has 1 heterocycles. The molecular weight excluding hydrogens is 206 g/mol. The largest absolute Gasteiger partial charge is 0.467 e. The van der Waals surface area contributed by atoms with Gasteiger partial charge in [-0.25, -0.2) is 9.78 Å². The van der Waals surface area contributed by atoms with Crippen molar-refractivity contribution in [3.63, 3.8) is 0 Å². The van der Waals surface area contributed by atoms with Crippen molar-refractivity contribution in [2.24, 2.45) is 0 Å². The number of nitrogens with one attached hydrogen (secondary N) is 1. The van der Waals surface area contributed by atoms with E-state index in [2.05, 4.69) is 15.3 Å². The summed E-state index contributed by atoms with van der Waals surface area (Å²) in [6.07, 6.45) is 6.29. The van der Waals surface area contributed by atoms with Crippen LogP contribution < -0.4 is 5.32 Å². The quantitative estimate of drug-likeness (QED) is 0.768. The fraction of sp³-hybridized carbons (Fsp3) is 0.545. The van der Waals surface area contributed by atoms with Crippen molar-refractivity contribution >= 4 is 11.8 Å². The van der Waals surface area contributed by atoms with Gasteiger partial charge in [0, 0.05) is 12.4 Å². The average Bonchev–Trinajstić information content (AvgIpc) is 2.29. The fourth-order valence-corrected chi connectivity index (χ4v) is 1.59. The standard InChI is InChI=1S/C11H17N3O2/c1-4-5-11(2,10(15)16-3)14-9-8-12-6-7-13-9/h6-8H,4-5H2,1-3H3,(H,13,14). The molecule has 0 saturated heterocycles. The van der Waals surface area contributed by atoms with Crippen LogP contribution in [0.5, 0.6) is 0 Å². The van der Waals surface area contributed by atoms with Gasteiger partial charge in [-0.2, -0.15) is 0 Å². The summed E-state index contributed by atoms with van der Waals surface area (Å²) >= 11 is 0. The number of rotatable bonds is 5. The maximum absolute atomic E-state index is 11.7. The Kier molecular flexibility index (Phi) is 4.22. The maximum Gasteiger partial charge on any atom is 0.331 e. The second-order valence-corrected chi connectivity index (χ2v) is 3.79. The molecule has 1 unspecified atom stereocenters. The first-order valence-electron chi connectivity index (χ1n) is 5.25. The molecule has 1 aromatic heterocycles. The molecule has 0 aromatic carbocycles. The van der Waals surface area contributed by atoms with Gasteiger partial charge < -0.3 is 10.1 Å². The monoisotopic (exact) mass is 223 g/mol. The van der Waals surface area contributed by atoms with Crippen LogP contribution in [0.15, 0.2) is 18.6 Å². The zero-order valence-corrected chi connectivity index (χ0v) is 9.86. The van der Waals surface area contributed by atoms with Crippen LogP contribution in [0.25, 0.3) is 0 Å². The molecule has 0 spiro atoms. The molecule has 0 radical (unpaired) electrons. The highest BCUT2D eigenvalue weighted by Crippen LogP contribution is 2.19. The summed E-state index contributed by atoms with van der Waals surface area (Å²) in [7, 11) is 1.38. The van der Waals surface area contributed by atoms with E-state index in [0.29, 0.717) is 12.2 Å². The molecule has 1 N–H and O–H groups in total. The molecule has 0 bridgehead atoms. The van der Waals surface area contributed by atoms with E-state index >= 15 is 0 Å². The zero-order chi connectivity index (χ0) is 12.0. The number of carbonyl (C=O) groups is 1. The van der Waals surface area contributed by atoms with Crippen molar-refractivity contribution in [1.82, 2.24) is 9.97 Å². The number of ether oxygens (including phenoxy) is 1. The number of carbonyl (C=O) groups excluding carboxylic acids is 1. The van der Waals surface area contributed by atoms with E-state index in [1.165, 1.54) is 7.11 Å². The molecule has 0 aliphatic heterocycles. The summed E-state index contributed by atoms with van der Waals surface area (Å²) in [4.78, 5) is 19.7. The second-order valence-electron chi connectivity index (χ2n) is 3.79. The van der Waals surface area contributed by atoms with Crippen molar-refractivity contribution in [3.05, 3.63) is 18.6 Å². The predicted octanol–water partition coefficient (Wildman–Crippen LogP) is 1.62. The Bertz CT molecular complexity index is 342. The Morgan fingerprint density at radius 1 is 1.56 bits per heavy atom. The molecule has 1 rings (SSSR count). The smallest absolute Gasteiger partial charge is 0.331 e. The van der Waals surface area contributed by atoms with Gasteiger partial charge in [-0.15, -0.1) is 0 Å². The Labute approximate surface area is 95.3 Å². The lowest BCUT2D eigenvalue weighted by Crippen LogP contribution is -2.44. The molecule has 5 heteroatoms. The van der Waals surface area contributed by atoms with Crippen LogP contribution >= 0.6 is 0 Å². The summed E-state index contributed by atoms with van der Waals surface area (Å²) in [5.41, 5.74) is -0.750. The first-order chi connectivity index (χ1) is 7.62. The summed E-state index contributed by atoms with van der Waals surface area (Å²) in [6, 6.07) is 0. The van der Waals surface area contributed by atoms with Gasteiger partial charge in [-0.05, 0) is 13.3 Å². The van der Waals surface area contributed by atoms with Gasteiger partial charge in [0.15, 0.2) is 0 Å². The topological polar surface area (TPSA) is 64.1 Å². The van der Waals surface area contributed by atoms with Crippen molar-refractivity contribution in [2.75, 3.05) is 12.4 Å². The van der Waals surface area contributed by atoms with Gasteiger partial charge in [0.05, 0.1) is 13.3 Å². The van der Waals surface area contributed by atoms with Gasteiger partial charge in [0.25, 0.3) is 0 Å². The van der Waals surface area contributed by atoms with E-state index in [-0.39, 0.29) is 5.97 Å². The van der Waals surface area contributed by atoms with Crippen molar-refractivity contribution < 1.29 is 9.53 Å². The van der Waals surface area contributed by atoms with Crippen LogP contribution in [-0.4, -0.2) is 28.6 Å². The minimum Gasteiger partial charge on any atom is -0.467 e. The van der Waals surface area contributed by atoms with E-state index in [4.69, 9.17) is 4.74 Å². The number of esters is 1. The Morgan fingerprint density at radius 2 is 2.31 bits per heavy atom. The Hall–Kier alpha value is -1.65. The molecular formula is C11H17N3O2. The molecule has 0 amide bonds. The van der Waals surface area contributed by atoms with Crippen LogP contribution in [0.3, 0.4) is 0 Å². The molecule has 88 valence electrons. The number of aromatic nitrogens is 2. The maximum atomic E-state index is 11.7. The lowest BCUT2D eigenvalue weighted by atomic mass is 9.96. The summed E-state index contributed by atoms with van der Waals surface area (Å²) in [5.74, 6) is 0.281. The van der Waals surface area contributed by atoms with E-state index in [1.807, 2.05) is 6.92 Å². The lowest BCUT2D eigenvalue weighted by molar-refractivity contribution is -0.145. The van der Waals surface area contributed by atoms with Crippen LogP contribution in [0, 0.1) is 0 Å². The SMILES string of the molecule is CCCC(C)(Nc1cnccn1)C(=O)OC. The molecule has 0 aliphatic carbocycles. The van der Waals surface area contributed by atoms with Gasteiger partial charge in [-0.1, -0.05) is 13.3 Å². The van der Waals surface area contributed by atoms with Crippen molar-refractivity contribution in [2.45, 2.75) is 32.2 Å². The fourth-order valence-electron chi connectivity index (χ4n) is 1.59. The number of nitrogens with zero attached hydrogens (tertiary/aromatic N) is 2. The van der Waals surface area contributed by atoms with Crippen molar-refractivity contribution in [3.8, 4) is 0 Å². The Morgan fingerprint density at radius 3 is 2.81 bits per heavy atom. The summed E-state index contributed by atoms with van der Waals surface area (Å²) in [6.45, 7) is 3.82. The highest BCUT2D eigenvalue weighted by Gasteiger charge is 2.33. The third kappa shape index (κ3) is 2.92. The number of anilines is 1. The van der Waals surface area contributed by atoms with Crippen LogP contribution in [0.4, 0.5) is 5.82 Å². The molecule has 0 fully saturated rings. The second kappa shape index (κ2) is 5.44. The summed E-state index contributed by atoms with van der Waals surface area (Å²) < 4.78 is 4.79. The third-order valence-corrected chi connectivity index (χ3v) is 2.35. The van der Waals surface area contributed by atoms with Crippen LogP contribution in [-0.2, 0) is 9.53 Å². The van der Waals surface area contributed by atoms with E-state index in [1.54, 1.807) is 25.5 Å². The van der Waals surface area contributed by atoms with Gasteiger partial charge in [-0.3, -0.25) is 4.98 Å². The first-order valence-corrected chi connectivity index (χ1v) is 5.25. The lowest BCUT2D eigenvalue weighted by Gasteiger charge is -2.27. The van der Waals surface area contributed by atoms with Gasteiger partial charge >= 0.3 is 5.97 Å².